The maximum atomic E-state index is 12.4. The number of nitrogens with two attached hydrogens (primary N) is 2. The molecule has 9 N–H and O–H groups in total. The van der Waals surface area contributed by atoms with Crippen molar-refractivity contribution in [3.63, 3.8) is 0 Å². The molecule has 3 aromatic rings. The van der Waals surface area contributed by atoms with Crippen LogP contribution in [0.15, 0.2) is 77.8 Å². The molecule has 0 aliphatic rings. The molecule has 1 atom stereocenters. The Kier molecular flexibility index (Phi) is 12.2. The van der Waals surface area contributed by atoms with Gasteiger partial charge in [-0.1, -0.05) is 24.3 Å². The molecule has 0 radical (unpaired) electrons. The average molecular weight is 642 g/mol. The fourth-order valence-electron chi connectivity index (χ4n) is 3.12. The number of nitrogens with one attached hydrogen (secondary N) is 2. The maximum Gasteiger partial charge on any atom is 0.490 e. The molecular weight excluding hydrogens is 615 g/mol. The summed E-state index contributed by atoms with van der Waals surface area (Å²) in [7, 11) is -4.17. The second-order valence-electron chi connectivity index (χ2n) is 8.62. The van der Waals surface area contributed by atoms with Gasteiger partial charge in [-0.15, -0.1) is 0 Å². The normalized spacial score (nSPS) is 11.8. The summed E-state index contributed by atoms with van der Waals surface area (Å²) in [4.78, 5) is 36.6. The highest BCUT2D eigenvalue weighted by molar-refractivity contribution is 7.87. The van der Waals surface area contributed by atoms with Crippen LogP contribution in [0, 0.1) is 0 Å². The molecule has 3 rings (SSSR count). The summed E-state index contributed by atoms with van der Waals surface area (Å²) in [5.74, 6) is -4.57. The fourth-order valence-corrected chi connectivity index (χ4v) is 4.12. The number of carboxylic acids is 2. The number of alkyl halides is 3. The van der Waals surface area contributed by atoms with E-state index in [1.807, 2.05) is 0 Å². The highest BCUT2D eigenvalue weighted by Crippen LogP contribution is 2.17. The van der Waals surface area contributed by atoms with Crippen molar-refractivity contribution in [2.75, 3.05) is 0 Å². The van der Waals surface area contributed by atoms with Gasteiger partial charge in [0.15, 0.2) is 5.96 Å². The number of rotatable bonds is 11. The standard InChI is InChI=1S/C24H25N5O7S.C2HF3O2/c25-24(26)28-18-7-5-17(6-8-18)23(33)36-20-11-3-16(4-12-20)14-27-37(34,35)29-21(22(31)32)13-15-1-9-19(30)10-2-15;3-2(4,5)1(6)7/h1-12,21,27,29-30H,13-14H2,(H,31,32)(H4,25,26,28);(H,6,7)/t21-;/m0./s1. The number of esters is 1. The Labute approximate surface area is 248 Å². The molecule has 0 amide bonds. The van der Waals surface area contributed by atoms with Gasteiger partial charge in [-0.25, -0.2) is 14.6 Å². The largest absolute Gasteiger partial charge is 0.508 e. The number of hydrogen-bond donors (Lipinski definition) is 7. The second-order valence-corrected chi connectivity index (χ2v) is 10.2. The lowest BCUT2D eigenvalue weighted by atomic mass is 10.1. The monoisotopic (exact) mass is 641 g/mol. The summed E-state index contributed by atoms with van der Waals surface area (Å²) in [6.45, 7) is -0.138. The fraction of sp³-hybridized carbons (Fsp3) is 0.154. The quantitative estimate of drug-likeness (QED) is 0.0688. The number of aliphatic imine (C=N–C) groups is 1. The molecule has 18 heteroatoms. The zero-order valence-electron chi connectivity index (χ0n) is 22.4. The van der Waals surface area contributed by atoms with Gasteiger partial charge >= 0.3 is 24.1 Å². The first-order chi connectivity index (χ1) is 20.4. The topological polar surface area (TPSA) is 244 Å². The number of nitrogens with zero attached hydrogens (tertiary/aromatic N) is 1. The van der Waals surface area contributed by atoms with Crippen molar-refractivity contribution < 1.29 is 56.0 Å². The van der Waals surface area contributed by atoms with Gasteiger partial charge < -0.3 is 31.5 Å². The molecular formula is C26H26F3N5O9S. The van der Waals surface area contributed by atoms with Crippen LogP contribution >= 0.6 is 0 Å². The third-order valence-electron chi connectivity index (χ3n) is 5.18. The number of carboxylic acid groups (broad SMARTS) is 2. The van der Waals surface area contributed by atoms with Gasteiger partial charge in [0.05, 0.1) is 11.3 Å². The number of halogens is 3. The third-order valence-corrected chi connectivity index (χ3v) is 6.29. The molecule has 0 heterocycles. The number of carbonyl (C=O) groups excluding carboxylic acids is 1. The molecule has 3 aromatic carbocycles. The van der Waals surface area contributed by atoms with E-state index in [0.29, 0.717) is 16.8 Å². The lowest BCUT2D eigenvalue weighted by molar-refractivity contribution is -0.192. The van der Waals surface area contributed by atoms with Gasteiger partial charge in [0.25, 0.3) is 10.2 Å². The maximum absolute atomic E-state index is 12.4. The van der Waals surface area contributed by atoms with E-state index < -0.39 is 40.3 Å². The molecule has 14 nitrogen and oxygen atoms in total. The first-order valence-corrected chi connectivity index (χ1v) is 13.5. The molecule has 0 fully saturated rings. The minimum atomic E-state index is -5.08. The minimum Gasteiger partial charge on any atom is -0.508 e. The van der Waals surface area contributed by atoms with Crippen molar-refractivity contribution in [1.29, 1.82) is 0 Å². The van der Waals surface area contributed by atoms with Crippen molar-refractivity contribution in [3.05, 3.63) is 89.5 Å². The van der Waals surface area contributed by atoms with E-state index in [0.717, 1.165) is 0 Å². The number of hydrogen-bond acceptors (Lipinski definition) is 8. The van der Waals surface area contributed by atoms with E-state index in [1.165, 1.54) is 48.5 Å². The summed E-state index contributed by atoms with van der Waals surface area (Å²) >= 11 is 0. The smallest absolute Gasteiger partial charge is 0.490 e. The van der Waals surface area contributed by atoms with E-state index in [9.17, 15) is 41.4 Å². The Morgan fingerprint density at radius 2 is 1.41 bits per heavy atom. The van der Waals surface area contributed by atoms with E-state index >= 15 is 0 Å². The van der Waals surface area contributed by atoms with Crippen LogP contribution in [-0.4, -0.2) is 59.8 Å². The van der Waals surface area contributed by atoms with E-state index in [-0.39, 0.29) is 36.0 Å². The van der Waals surface area contributed by atoms with Crippen LogP contribution in [0.25, 0.3) is 0 Å². The number of phenolic OH excluding ortho intramolecular Hbond substituents is 1. The van der Waals surface area contributed by atoms with E-state index in [4.69, 9.17) is 26.1 Å². The second kappa shape index (κ2) is 15.3. The van der Waals surface area contributed by atoms with Crippen LogP contribution in [0.5, 0.6) is 11.5 Å². The number of carbonyl (C=O) groups is 3. The predicted molar refractivity (Wildman–Crippen MR) is 149 cm³/mol. The molecule has 0 aromatic heterocycles. The zero-order valence-corrected chi connectivity index (χ0v) is 23.2. The highest BCUT2D eigenvalue weighted by atomic mass is 32.2. The number of ether oxygens (including phenoxy) is 1. The number of aliphatic carboxylic acids is 2. The molecule has 44 heavy (non-hydrogen) atoms. The Hall–Kier alpha value is -5.20. The van der Waals surface area contributed by atoms with Crippen LogP contribution < -0.4 is 25.6 Å². The summed E-state index contributed by atoms with van der Waals surface area (Å²) in [5, 5.41) is 25.9. The van der Waals surface area contributed by atoms with Gasteiger partial charge in [-0.3, -0.25) is 4.79 Å². The Bertz CT molecular complexity index is 1580. The number of aromatic hydroxyl groups is 1. The van der Waals surface area contributed by atoms with Crippen molar-refractivity contribution in [1.82, 2.24) is 9.44 Å². The van der Waals surface area contributed by atoms with Crippen LogP contribution in [0.1, 0.15) is 21.5 Å². The molecule has 0 saturated carbocycles. The van der Waals surface area contributed by atoms with Crippen molar-refractivity contribution >= 4 is 39.8 Å². The molecule has 0 unspecified atom stereocenters. The van der Waals surface area contributed by atoms with Gasteiger partial charge in [0.1, 0.15) is 17.5 Å². The third kappa shape index (κ3) is 12.3. The summed E-state index contributed by atoms with van der Waals surface area (Å²) in [6.07, 6.45) is -5.20. The molecule has 0 bridgehead atoms. The zero-order chi connectivity index (χ0) is 33.1. The highest BCUT2D eigenvalue weighted by Gasteiger charge is 2.38. The molecule has 0 aliphatic heterocycles. The number of benzene rings is 3. The van der Waals surface area contributed by atoms with Gasteiger partial charge in [-0.2, -0.15) is 31.0 Å². The Morgan fingerprint density at radius 3 is 1.89 bits per heavy atom. The van der Waals surface area contributed by atoms with Crippen LogP contribution in [0.4, 0.5) is 18.9 Å². The molecule has 0 aliphatic carbocycles. The SMILES string of the molecule is NC(N)=Nc1ccc(C(=O)Oc2ccc(CNS(=O)(=O)N[C@@H](Cc3ccc(O)cc3)C(=O)O)cc2)cc1.O=C(O)C(F)(F)F. The van der Waals surface area contributed by atoms with Gasteiger partial charge in [0.2, 0.25) is 0 Å². The Morgan fingerprint density at radius 1 is 0.886 bits per heavy atom. The lowest BCUT2D eigenvalue weighted by Crippen LogP contribution is -2.47. The van der Waals surface area contributed by atoms with E-state index in [2.05, 4.69) is 14.4 Å². The number of guanidine groups is 1. The molecule has 0 spiro atoms. The average Bonchev–Trinajstić information content (AvgIpc) is 2.93. The lowest BCUT2D eigenvalue weighted by Gasteiger charge is -2.15. The Balaban J connectivity index is 0.000000860. The summed E-state index contributed by atoms with van der Waals surface area (Å²) in [6, 6.07) is 16.6. The van der Waals surface area contributed by atoms with Gasteiger partial charge in [0, 0.05) is 6.54 Å². The summed E-state index contributed by atoms with van der Waals surface area (Å²) < 4.78 is 66.2. The first-order valence-electron chi connectivity index (χ1n) is 12.0. The van der Waals surface area contributed by atoms with Crippen molar-refractivity contribution in [2.45, 2.75) is 25.2 Å². The number of phenols is 1. The molecule has 0 saturated heterocycles. The van der Waals surface area contributed by atoms with Crippen LogP contribution in [-0.2, 0) is 32.8 Å². The van der Waals surface area contributed by atoms with Gasteiger partial charge in [-0.05, 0) is 66.1 Å². The van der Waals surface area contributed by atoms with Crippen molar-refractivity contribution in [2.24, 2.45) is 16.5 Å². The van der Waals surface area contributed by atoms with Crippen molar-refractivity contribution in [3.8, 4) is 11.5 Å². The first kappa shape index (κ1) is 35.0. The van der Waals surface area contributed by atoms with Crippen LogP contribution in [0.2, 0.25) is 0 Å². The minimum absolute atomic E-state index is 0.0110. The molecule has 236 valence electrons. The van der Waals surface area contributed by atoms with E-state index in [1.54, 1.807) is 24.3 Å². The summed E-state index contributed by atoms with van der Waals surface area (Å²) in [5.41, 5.74) is 12.4. The van der Waals surface area contributed by atoms with Crippen LogP contribution in [0.3, 0.4) is 0 Å². The predicted octanol–water partition coefficient (Wildman–Crippen LogP) is 1.77.